The van der Waals surface area contributed by atoms with Crippen molar-refractivity contribution >= 4 is 6.21 Å². The normalized spacial score (nSPS) is 39.1. The van der Waals surface area contributed by atoms with Crippen LogP contribution in [0.25, 0.3) is 0 Å². The van der Waals surface area contributed by atoms with E-state index in [1.165, 1.54) is 25.8 Å². The lowest BCUT2D eigenvalue weighted by atomic mass is 10.0. The third-order valence-electron chi connectivity index (χ3n) is 2.62. The maximum absolute atomic E-state index is 9.45. The SMILES string of the molecule is O[C@@H]1CC=[N+]2CCCC[C@@H]12. The fourth-order valence-corrected chi connectivity index (χ4v) is 2.02. The molecular weight excluding hydrogens is 126 g/mol. The Hall–Kier alpha value is -0.370. The van der Waals surface area contributed by atoms with E-state index in [0.717, 1.165) is 6.42 Å². The van der Waals surface area contributed by atoms with Gasteiger partial charge in [-0.1, -0.05) is 0 Å². The molecule has 0 radical (unpaired) electrons. The topological polar surface area (TPSA) is 23.2 Å². The third-order valence-corrected chi connectivity index (χ3v) is 2.62. The molecular formula is C8H14NO+. The van der Waals surface area contributed by atoms with Crippen LogP contribution in [0, 0.1) is 0 Å². The van der Waals surface area contributed by atoms with Gasteiger partial charge in [-0.2, -0.15) is 0 Å². The fourth-order valence-electron chi connectivity index (χ4n) is 2.02. The molecule has 2 nitrogen and oxygen atoms in total. The zero-order valence-electron chi connectivity index (χ0n) is 6.16. The summed E-state index contributed by atoms with van der Waals surface area (Å²) in [5, 5.41) is 9.45. The lowest BCUT2D eigenvalue weighted by Gasteiger charge is -2.18. The van der Waals surface area contributed by atoms with Crippen LogP contribution in [0.5, 0.6) is 0 Å². The Morgan fingerprint density at radius 2 is 2.30 bits per heavy atom. The summed E-state index contributed by atoms with van der Waals surface area (Å²) in [7, 11) is 0. The average Bonchev–Trinajstić information content (AvgIpc) is 2.34. The molecule has 0 aliphatic carbocycles. The Kier molecular flexibility index (Phi) is 1.49. The van der Waals surface area contributed by atoms with Crippen LogP contribution in [-0.2, 0) is 0 Å². The predicted molar refractivity (Wildman–Crippen MR) is 39.5 cm³/mol. The molecule has 56 valence electrons. The first-order chi connectivity index (χ1) is 4.88. The Bertz CT molecular complexity index is 165. The molecule has 0 unspecified atom stereocenters. The van der Waals surface area contributed by atoms with E-state index in [4.69, 9.17) is 0 Å². The van der Waals surface area contributed by atoms with Crippen molar-refractivity contribution in [3.8, 4) is 0 Å². The molecule has 2 aliphatic rings. The largest absolute Gasteiger partial charge is 0.386 e. The van der Waals surface area contributed by atoms with E-state index in [-0.39, 0.29) is 6.10 Å². The summed E-state index contributed by atoms with van der Waals surface area (Å²) in [4.78, 5) is 0. The molecule has 1 N–H and O–H groups in total. The maximum Gasteiger partial charge on any atom is 0.178 e. The summed E-state index contributed by atoms with van der Waals surface area (Å²) in [6.45, 7) is 1.17. The Labute approximate surface area is 61.2 Å². The Balaban J connectivity index is 2.11. The lowest BCUT2D eigenvalue weighted by molar-refractivity contribution is -0.571. The van der Waals surface area contributed by atoms with Gasteiger partial charge in [0.15, 0.2) is 6.04 Å². The van der Waals surface area contributed by atoms with Crippen molar-refractivity contribution in [3.63, 3.8) is 0 Å². The number of hydrogen-bond donors (Lipinski definition) is 1. The molecule has 10 heavy (non-hydrogen) atoms. The second-order valence-corrected chi connectivity index (χ2v) is 3.29. The molecule has 1 fully saturated rings. The van der Waals surface area contributed by atoms with E-state index in [2.05, 4.69) is 10.8 Å². The zero-order chi connectivity index (χ0) is 6.97. The van der Waals surface area contributed by atoms with Gasteiger partial charge in [0.2, 0.25) is 0 Å². The van der Waals surface area contributed by atoms with E-state index >= 15 is 0 Å². The van der Waals surface area contributed by atoms with Crippen molar-refractivity contribution in [2.75, 3.05) is 6.54 Å². The second-order valence-electron chi connectivity index (χ2n) is 3.29. The van der Waals surface area contributed by atoms with Gasteiger partial charge in [-0.3, -0.25) is 0 Å². The summed E-state index contributed by atoms with van der Waals surface area (Å²) in [6, 6.07) is 0.466. The van der Waals surface area contributed by atoms with Crippen molar-refractivity contribution in [3.05, 3.63) is 0 Å². The van der Waals surface area contributed by atoms with Crippen molar-refractivity contribution in [1.82, 2.24) is 0 Å². The molecule has 0 bridgehead atoms. The van der Waals surface area contributed by atoms with Gasteiger partial charge in [0.25, 0.3) is 0 Å². The zero-order valence-corrected chi connectivity index (χ0v) is 6.16. The second kappa shape index (κ2) is 2.35. The fraction of sp³-hybridized carbons (Fsp3) is 0.875. The maximum atomic E-state index is 9.45. The molecule has 0 spiro atoms. The van der Waals surface area contributed by atoms with Crippen LogP contribution < -0.4 is 0 Å². The molecule has 2 heterocycles. The monoisotopic (exact) mass is 140 g/mol. The van der Waals surface area contributed by atoms with Gasteiger partial charge >= 0.3 is 0 Å². The Morgan fingerprint density at radius 3 is 3.10 bits per heavy atom. The quantitative estimate of drug-likeness (QED) is 0.483. The lowest BCUT2D eigenvalue weighted by Crippen LogP contribution is -2.34. The molecule has 0 amide bonds. The first-order valence-electron chi connectivity index (χ1n) is 4.15. The predicted octanol–water partition coefficient (Wildman–Crippen LogP) is 0.387. The summed E-state index contributed by atoms with van der Waals surface area (Å²) in [5.74, 6) is 0. The van der Waals surface area contributed by atoms with Crippen LogP contribution in [0.15, 0.2) is 0 Å². The number of nitrogens with zero attached hydrogens (tertiary/aromatic N) is 1. The molecule has 0 aromatic carbocycles. The highest BCUT2D eigenvalue weighted by molar-refractivity contribution is 5.54. The van der Waals surface area contributed by atoms with Gasteiger partial charge < -0.3 is 5.11 Å². The van der Waals surface area contributed by atoms with Crippen molar-refractivity contribution in [2.24, 2.45) is 0 Å². The van der Waals surface area contributed by atoms with Crippen molar-refractivity contribution in [2.45, 2.75) is 37.8 Å². The highest BCUT2D eigenvalue weighted by Crippen LogP contribution is 2.20. The van der Waals surface area contributed by atoms with Gasteiger partial charge in [-0.15, -0.1) is 0 Å². The Morgan fingerprint density at radius 1 is 1.40 bits per heavy atom. The van der Waals surface area contributed by atoms with E-state index in [0.29, 0.717) is 6.04 Å². The summed E-state index contributed by atoms with van der Waals surface area (Å²) < 4.78 is 2.31. The molecule has 0 saturated carbocycles. The number of hydrogen-bond acceptors (Lipinski definition) is 1. The van der Waals surface area contributed by atoms with E-state index < -0.39 is 0 Å². The van der Waals surface area contributed by atoms with Gasteiger partial charge in [-0.05, 0) is 6.42 Å². The minimum Gasteiger partial charge on any atom is -0.386 e. The standard InChI is InChI=1S/C8H14NO/c10-8-4-6-9-5-2-1-3-7(8)9/h6-8,10H,1-5H2/q+1/t7-,8+/m0/s1. The van der Waals surface area contributed by atoms with Crippen LogP contribution in [0.3, 0.4) is 0 Å². The minimum absolute atomic E-state index is 0.0692. The summed E-state index contributed by atoms with van der Waals surface area (Å²) in [5.41, 5.74) is 0. The molecule has 2 aliphatic heterocycles. The van der Waals surface area contributed by atoms with Crippen LogP contribution in [0.4, 0.5) is 0 Å². The van der Waals surface area contributed by atoms with Crippen LogP contribution in [0.1, 0.15) is 25.7 Å². The number of fused-ring (bicyclic) bond motifs is 1. The highest BCUT2D eigenvalue weighted by atomic mass is 16.3. The molecule has 2 rings (SSSR count). The van der Waals surface area contributed by atoms with Crippen molar-refractivity contribution in [1.29, 1.82) is 0 Å². The molecule has 2 heteroatoms. The van der Waals surface area contributed by atoms with E-state index in [9.17, 15) is 5.11 Å². The number of aliphatic hydroxyl groups is 1. The third kappa shape index (κ3) is 0.870. The van der Waals surface area contributed by atoms with Crippen LogP contribution >= 0.6 is 0 Å². The number of rotatable bonds is 0. The first kappa shape index (κ1) is 6.35. The molecule has 2 atom stereocenters. The van der Waals surface area contributed by atoms with Crippen LogP contribution in [-0.4, -0.2) is 34.6 Å². The van der Waals surface area contributed by atoms with Gasteiger partial charge in [-0.25, -0.2) is 4.58 Å². The van der Waals surface area contributed by atoms with Gasteiger partial charge in [0.1, 0.15) is 18.9 Å². The summed E-state index contributed by atoms with van der Waals surface area (Å²) >= 11 is 0. The minimum atomic E-state index is -0.0692. The van der Waals surface area contributed by atoms with Gasteiger partial charge in [0.05, 0.1) is 6.42 Å². The molecule has 0 aromatic rings. The highest BCUT2D eigenvalue weighted by Gasteiger charge is 2.36. The van der Waals surface area contributed by atoms with E-state index in [1.807, 2.05) is 0 Å². The molecule has 0 aromatic heterocycles. The van der Waals surface area contributed by atoms with Gasteiger partial charge in [0, 0.05) is 12.8 Å². The first-order valence-corrected chi connectivity index (χ1v) is 4.15. The number of piperidine rings is 1. The average molecular weight is 140 g/mol. The van der Waals surface area contributed by atoms with Crippen LogP contribution in [0.2, 0.25) is 0 Å². The number of aliphatic hydroxyl groups excluding tert-OH is 1. The summed E-state index contributed by atoms with van der Waals surface area (Å²) in [6.07, 6.45) is 6.77. The molecule has 1 saturated heterocycles. The van der Waals surface area contributed by atoms with Crippen molar-refractivity contribution < 1.29 is 9.68 Å². The van der Waals surface area contributed by atoms with E-state index in [1.54, 1.807) is 0 Å². The smallest absolute Gasteiger partial charge is 0.178 e.